The van der Waals surface area contributed by atoms with Crippen molar-refractivity contribution in [3.63, 3.8) is 0 Å². The number of hydrogen-bond acceptors (Lipinski definition) is 17. The van der Waals surface area contributed by atoms with Gasteiger partial charge in [-0.2, -0.15) is 0 Å². The Labute approximate surface area is 257 Å². The van der Waals surface area contributed by atoms with Gasteiger partial charge < -0.3 is 52.5 Å². The molecule has 0 aromatic heterocycles. The number of aliphatic carboxylic acids is 1. The van der Waals surface area contributed by atoms with Crippen LogP contribution in [0.1, 0.15) is 41.5 Å². The number of hydrogen-bond donors (Lipinski definition) is 1. The highest BCUT2D eigenvalue weighted by atomic mass is 16.8. The van der Waals surface area contributed by atoms with E-state index in [1.54, 1.807) is 0 Å². The maximum Gasteiger partial charge on any atom is 0.336 e. The van der Waals surface area contributed by atoms with E-state index in [1.165, 1.54) is 6.08 Å². The molecule has 0 spiro atoms. The molecule has 0 aliphatic carbocycles. The summed E-state index contributed by atoms with van der Waals surface area (Å²) in [5.74, 6) is -7.07. The summed E-state index contributed by atoms with van der Waals surface area (Å²) in [6.45, 7) is 8.76. The number of carboxylic acid groups (broad SMARTS) is 1. The van der Waals surface area contributed by atoms with Crippen molar-refractivity contribution in [2.45, 2.75) is 103 Å². The van der Waals surface area contributed by atoms with Crippen LogP contribution in [0.3, 0.4) is 0 Å². The van der Waals surface area contributed by atoms with Crippen LogP contribution in [0.25, 0.3) is 0 Å². The van der Waals surface area contributed by atoms with E-state index in [-0.39, 0.29) is 6.61 Å². The number of ether oxygens (including phenoxy) is 10. The second-order valence-electron chi connectivity index (χ2n) is 9.70. The topological polar surface area (TPSA) is 232 Å². The third-order valence-corrected chi connectivity index (χ3v) is 5.96. The van der Waals surface area contributed by atoms with Crippen LogP contribution in [0.5, 0.6) is 0 Å². The fraction of sp³-hybridized carbons (Fsp3) is 0.667. The molecule has 0 aromatic rings. The Hall–Kier alpha value is -4.13. The van der Waals surface area contributed by atoms with E-state index >= 15 is 0 Å². The zero-order valence-corrected chi connectivity index (χ0v) is 25.4. The normalized spacial score (nSPS) is 31.0. The van der Waals surface area contributed by atoms with Gasteiger partial charge in [0.2, 0.25) is 0 Å². The van der Waals surface area contributed by atoms with Crippen molar-refractivity contribution in [1.29, 1.82) is 0 Å². The number of esters is 6. The Morgan fingerprint density at radius 3 is 1.56 bits per heavy atom. The molecule has 2 saturated heterocycles. The van der Waals surface area contributed by atoms with Gasteiger partial charge in [-0.05, 0) is 0 Å². The van der Waals surface area contributed by atoms with Gasteiger partial charge in [-0.3, -0.25) is 28.8 Å². The Kier molecular flexibility index (Phi) is 13.8. The van der Waals surface area contributed by atoms with Crippen molar-refractivity contribution in [3.05, 3.63) is 12.7 Å². The average Bonchev–Trinajstić information content (AvgIpc) is 2.90. The highest BCUT2D eigenvalue weighted by Gasteiger charge is 2.58. The largest absolute Gasteiger partial charge is 0.479 e. The van der Waals surface area contributed by atoms with Gasteiger partial charge in [0.15, 0.2) is 49.2 Å². The van der Waals surface area contributed by atoms with Crippen molar-refractivity contribution in [2.24, 2.45) is 0 Å². The predicted octanol–water partition coefficient (Wildman–Crippen LogP) is -0.670. The predicted molar refractivity (Wildman–Crippen MR) is 140 cm³/mol. The van der Waals surface area contributed by atoms with Gasteiger partial charge in [0, 0.05) is 41.5 Å². The van der Waals surface area contributed by atoms with Crippen molar-refractivity contribution in [1.82, 2.24) is 0 Å². The van der Waals surface area contributed by atoms with Gasteiger partial charge in [-0.1, -0.05) is 6.08 Å². The molecule has 1 N–H and O–H groups in total. The van der Waals surface area contributed by atoms with E-state index < -0.39 is 110 Å². The van der Waals surface area contributed by atoms with Crippen LogP contribution < -0.4 is 0 Å². The van der Waals surface area contributed by atoms with Crippen LogP contribution in [-0.2, 0) is 80.9 Å². The summed E-state index contributed by atoms with van der Waals surface area (Å²) in [6.07, 6.45) is -15.9. The quantitative estimate of drug-likeness (QED) is 0.148. The first-order valence-electron chi connectivity index (χ1n) is 13.5. The Morgan fingerprint density at radius 1 is 0.622 bits per heavy atom. The summed E-state index contributed by atoms with van der Waals surface area (Å²) >= 11 is 0. The van der Waals surface area contributed by atoms with Crippen LogP contribution >= 0.6 is 0 Å². The maximum atomic E-state index is 12.3. The second-order valence-corrected chi connectivity index (χ2v) is 9.70. The molecule has 2 heterocycles. The van der Waals surface area contributed by atoms with Gasteiger partial charge in [-0.25, -0.2) is 4.79 Å². The highest BCUT2D eigenvalue weighted by Crippen LogP contribution is 2.35. The molecule has 252 valence electrons. The van der Waals surface area contributed by atoms with Crippen LogP contribution in [0.4, 0.5) is 0 Å². The first-order chi connectivity index (χ1) is 21.0. The molecular weight excluding hydrogens is 612 g/mol. The fourth-order valence-electron chi connectivity index (χ4n) is 4.55. The van der Waals surface area contributed by atoms with Gasteiger partial charge in [0.25, 0.3) is 0 Å². The van der Waals surface area contributed by atoms with Gasteiger partial charge in [0.1, 0.15) is 18.8 Å². The molecule has 10 atom stereocenters. The Morgan fingerprint density at radius 2 is 1.09 bits per heavy atom. The molecule has 0 amide bonds. The molecule has 2 fully saturated rings. The molecule has 2 aliphatic heterocycles. The standard InChI is InChI=1S/C27H36O18/c1-8-9-36-26-23(41-15(6)32)21(20(40-14(5)31)22(45-26)25(34)35)44-27-24(42-16(7)33)19(39-13(4)30)18(38-12(3)29)17(43-27)10-37-11(2)28/h8,17-24,26-27H,1,9-10H2,2-7H3,(H,34,35)/t17-,18-,19+,20+,21+,22+,23-,24+,26+,27-/m1/s1. The monoisotopic (exact) mass is 648 g/mol. The lowest BCUT2D eigenvalue weighted by atomic mass is 9.95. The molecule has 0 radical (unpaired) electrons. The minimum Gasteiger partial charge on any atom is -0.479 e. The first kappa shape index (κ1) is 37.1. The molecule has 0 aromatic carbocycles. The Bertz CT molecular complexity index is 1130. The van der Waals surface area contributed by atoms with Crippen LogP contribution in [0, 0.1) is 0 Å². The lowest BCUT2D eigenvalue weighted by Gasteiger charge is -2.48. The molecule has 45 heavy (non-hydrogen) atoms. The van der Waals surface area contributed by atoms with Gasteiger partial charge in [-0.15, -0.1) is 6.58 Å². The third-order valence-electron chi connectivity index (χ3n) is 5.96. The summed E-state index contributed by atoms with van der Waals surface area (Å²) in [5.41, 5.74) is 0. The van der Waals surface area contributed by atoms with Crippen molar-refractivity contribution >= 4 is 41.8 Å². The SMILES string of the molecule is C=CCO[C@H]1O[C@H](C(=O)O)[C@@H](OC(C)=O)[C@H](O[C@H]2O[C@H](COC(C)=O)[C@@H](OC(C)=O)[C@H](OC(C)=O)[C@@H]2OC(C)=O)[C@H]1OC(C)=O. The summed E-state index contributed by atoms with van der Waals surface area (Å²) in [4.78, 5) is 84.5. The average molecular weight is 649 g/mol. The molecule has 0 saturated carbocycles. The summed E-state index contributed by atoms with van der Waals surface area (Å²) < 4.78 is 54.7. The van der Waals surface area contributed by atoms with E-state index in [0.29, 0.717) is 0 Å². The summed E-state index contributed by atoms with van der Waals surface area (Å²) in [7, 11) is 0. The van der Waals surface area contributed by atoms with Crippen LogP contribution in [0.15, 0.2) is 12.7 Å². The molecule has 0 bridgehead atoms. The molecule has 2 rings (SSSR count). The number of rotatable bonds is 13. The molecule has 18 nitrogen and oxygen atoms in total. The number of carboxylic acids is 1. The van der Waals surface area contributed by atoms with E-state index in [4.69, 9.17) is 47.4 Å². The van der Waals surface area contributed by atoms with E-state index in [2.05, 4.69) is 6.58 Å². The van der Waals surface area contributed by atoms with Crippen molar-refractivity contribution in [3.8, 4) is 0 Å². The lowest BCUT2D eigenvalue weighted by molar-refractivity contribution is -0.357. The summed E-state index contributed by atoms with van der Waals surface area (Å²) in [5, 5.41) is 9.94. The van der Waals surface area contributed by atoms with Crippen molar-refractivity contribution < 1.29 is 86.0 Å². The smallest absolute Gasteiger partial charge is 0.336 e. The molecule has 2 aliphatic rings. The lowest BCUT2D eigenvalue weighted by Crippen LogP contribution is -2.67. The van der Waals surface area contributed by atoms with E-state index in [9.17, 15) is 38.7 Å². The van der Waals surface area contributed by atoms with Crippen LogP contribution in [-0.4, -0.2) is 122 Å². The van der Waals surface area contributed by atoms with Gasteiger partial charge >= 0.3 is 41.8 Å². The molecule has 0 unspecified atom stereocenters. The van der Waals surface area contributed by atoms with Crippen molar-refractivity contribution in [2.75, 3.05) is 13.2 Å². The minimum atomic E-state index is -1.97. The minimum absolute atomic E-state index is 0.223. The molecule has 18 heteroatoms. The number of carbonyl (C=O) groups is 7. The van der Waals surface area contributed by atoms with E-state index in [0.717, 1.165) is 41.5 Å². The van der Waals surface area contributed by atoms with E-state index in [1.807, 2.05) is 0 Å². The van der Waals surface area contributed by atoms with Crippen LogP contribution in [0.2, 0.25) is 0 Å². The highest BCUT2D eigenvalue weighted by molar-refractivity contribution is 5.75. The third kappa shape index (κ3) is 10.8. The fourth-order valence-corrected chi connectivity index (χ4v) is 4.55. The molecular formula is C27H36O18. The second kappa shape index (κ2) is 16.8. The zero-order valence-electron chi connectivity index (χ0n) is 25.4. The number of carbonyl (C=O) groups excluding carboxylic acids is 6. The maximum absolute atomic E-state index is 12.3. The first-order valence-corrected chi connectivity index (χ1v) is 13.5. The van der Waals surface area contributed by atoms with Gasteiger partial charge in [0.05, 0.1) is 6.61 Å². The zero-order chi connectivity index (χ0) is 34.0. The Balaban J connectivity index is 2.74. The summed E-state index contributed by atoms with van der Waals surface area (Å²) in [6, 6.07) is 0.